The zero-order valence-corrected chi connectivity index (χ0v) is 5.23. The monoisotopic (exact) mass is 107 g/mol. The Labute approximate surface area is 49.6 Å². The second kappa shape index (κ2) is 1.92. The van der Waals surface area contributed by atoms with Crippen LogP contribution in [0.4, 0.5) is 0 Å². The van der Waals surface area contributed by atoms with E-state index in [9.17, 15) is 0 Å². The van der Waals surface area contributed by atoms with Gasteiger partial charge in [0, 0.05) is 13.6 Å². The Morgan fingerprint density at radius 1 is 1.75 bits per heavy atom. The molecule has 1 rings (SSSR count). The fourth-order valence-electron chi connectivity index (χ4n) is 0.725. The lowest BCUT2D eigenvalue weighted by molar-refractivity contribution is 0.494. The summed E-state index contributed by atoms with van der Waals surface area (Å²) in [6, 6.07) is 0. The van der Waals surface area contributed by atoms with Crippen LogP contribution in [0.25, 0.3) is 0 Å². The highest BCUT2D eigenvalue weighted by Gasteiger charge is 1.93. The maximum Gasteiger partial charge on any atom is 0.0509 e. The lowest BCUT2D eigenvalue weighted by Crippen LogP contribution is -2.13. The Morgan fingerprint density at radius 2 is 2.50 bits per heavy atom. The fraction of sp³-hybridized carbons (Fsp3) is 0.429. The van der Waals surface area contributed by atoms with Crippen LogP contribution < -0.4 is 0 Å². The van der Waals surface area contributed by atoms with Crippen molar-refractivity contribution in [2.24, 2.45) is 0 Å². The Kier molecular flexibility index (Phi) is 1.26. The average molecular weight is 107 g/mol. The quantitative estimate of drug-likeness (QED) is 0.420. The van der Waals surface area contributed by atoms with Crippen LogP contribution in [0.1, 0.15) is 6.92 Å². The molecule has 0 spiro atoms. The van der Waals surface area contributed by atoms with Crippen molar-refractivity contribution in [1.82, 2.24) is 4.90 Å². The Hall–Kier alpha value is -0.900. The van der Waals surface area contributed by atoms with Crippen LogP contribution in [0.3, 0.4) is 0 Å². The number of hydrogen-bond donors (Lipinski definition) is 0. The van der Waals surface area contributed by atoms with Crippen molar-refractivity contribution in [3.63, 3.8) is 0 Å². The summed E-state index contributed by atoms with van der Waals surface area (Å²) < 4.78 is 0. The molecular weight excluding hydrogens is 98.1 g/mol. The van der Waals surface area contributed by atoms with E-state index in [1.165, 1.54) is 5.57 Å². The average Bonchev–Trinajstić information content (AvgIpc) is 1.64. The second-order valence-electron chi connectivity index (χ2n) is 2.09. The summed E-state index contributed by atoms with van der Waals surface area (Å²) in [6.07, 6.45) is 1.90. The molecule has 1 heteroatoms. The minimum absolute atomic E-state index is 0.993. The summed E-state index contributed by atoms with van der Waals surface area (Å²) in [7, 11) is 2.03. The van der Waals surface area contributed by atoms with Crippen molar-refractivity contribution < 1.29 is 0 Å². The number of rotatable bonds is 0. The first kappa shape index (κ1) is 5.24. The molecule has 0 N–H and O–H groups in total. The third-order valence-corrected chi connectivity index (χ3v) is 1.06. The second-order valence-corrected chi connectivity index (χ2v) is 2.09. The molecular formula is C7H9N. The van der Waals surface area contributed by atoms with E-state index in [0.717, 1.165) is 6.54 Å². The molecule has 1 aliphatic rings. The first-order valence-electron chi connectivity index (χ1n) is 2.66. The van der Waals surface area contributed by atoms with Gasteiger partial charge in [-0.15, -0.1) is 0 Å². The molecule has 0 radical (unpaired) electrons. The van der Waals surface area contributed by atoms with Crippen LogP contribution in [-0.2, 0) is 0 Å². The smallest absolute Gasteiger partial charge is 0.0509 e. The zero-order valence-electron chi connectivity index (χ0n) is 5.23. The van der Waals surface area contributed by atoms with Gasteiger partial charge < -0.3 is 4.90 Å². The maximum atomic E-state index is 2.98. The maximum absolute atomic E-state index is 2.98. The molecule has 42 valence electrons. The van der Waals surface area contributed by atoms with E-state index in [-0.39, 0.29) is 0 Å². The van der Waals surface area contributed by atoms with Crippen molar-refractivity contribution in [2.75, 3.05) is 13.6 Å². The number of hydrogen-bond acceptors (Lipinski definition) is 1. The van der Waals surface area contributed by atoms with E-state index >= 15 is 0 Å². The van der Waals surface area contributed by atoms with E-state index in [2.05, 4.69) is 23.3 Å². The third kappa shape index (κ3) is 1.04. The molecule has 0 saturated carbocycles. The van der Waals surface area contributed by atoms with Crippen molar-refractivity contribution in [3.05, 3.63) is 23.2 Å². The molecule has 0 atom stereocenters. The van der Waals surface area contributed by atoms with Gasteiger partial charge in [-0.05, 0) is 12.5 Å². The van der Waals surface area contributed by atoms with E-state index in [4.69, 9.17) is 0 Å². The Morgan fingerprint density at radius 3 is 2.88 bits per heavy atom. The summed E-state index contributed by atoms with van der Waals surface area (Å²) in [6.45, 7) is 3.05. The van der Waals surface area contributed by atoms with Gasteiger partial charge in [-0.1, -0.05) is 11.5 Å². The highest BCUT2D eigenvalue weighted by Crippen LogP contribution is 1.96. The lowest BCUT2D eigenvalue weighted by Gasteiger charge is -2.12. The summed E-state index contributed by atoms with van der Waals surface area (Å²) >= 11 is 0. The summed E-state index contributed by atoms with van der Waals surface area (Å²) in [5.74, 6) is 0. The van der Waals surface area contributed by atoms with Crippen LogP contribution in [0.15, 0.2) is 23.2 Å². The van der Waals surface area contributed by atoms with Crippen LogP contribution >= 0.6 is 0 Å². The fourth-order valence-corrected chi connectivity index (χ4v) is 0.725. The minimum atomic E-state index is 0.993. The minimum Gasteiger partial charge on any atom is -0.369 e. The molecule has 8 heavy (non-hydrogen) atoms. The standard InChI is InChI=1S/C7H9N/c1-7-4-3-5-8(2)6-7/h5H,6H2,1-2H3. The van der Waals surface area contributed by atoms with Gasteiger partial charge in [0.15, 0.2) is 0 Å². The van der Waals surface area contributed by atoms with Crippen LogP contribution in [0, 0.1) is 0 Å². The molecule has 0 bridgehead atoms. The van der Waals surface area contributed by atoms with Crippen LogP contribution in [0.5, 0.6) is 0 Å². The molecule has 0 aromatic heterocycles. The van der Waals surface area contributed by atoms with Crippen molar-refractivity contribution in [2.45, 2.75) is 6.92 Å². The van der Waals surface area contributed by atoms with Gasteiger partial charge in [0.1, 0.15) is 0 Å². The normalized spacial score (nSPS) is 16.8. The van der Waals surface area contributed by atoms with Gasteiger partial charge in [0.2, 0.25) is 0 Å². The van der Waals surface area contributed by atoms with E-state index < -0.39 is 0 Å². The summed E-state index contributed by atoms with van der Waals surface area (Å²) in [5.41, 5.74) is 7.13. The lowest BCUT2D eigenvalue weighted by atomic mass is 10.3. The SMILES string of the molecule is CC1=C=C=CN(C)C1. The largest absolute Gasteiger partial charge is 0.369 e. The molecule has 0 fully saturated rings. The Balaban J connectivity index is 2.87. The summed E-state index contributed by atoms with van der Waals surface area (Å²) in [4.78, 5) is 2.08. The molecule has 1 aliphatic heterocycles. The first-order valence-corrected chi connectivity index (χ1v) is 2.66. The highest BCUT2D eigenvalue weighted by atomic mass is 15.1. The van der Waals surface area contributed by atoms with Gasteiger partial charge in [0.25, 0.3) is 0 Å². The molecule has 1 nitrogen and oxygen atoms in total. The van der Waals surface area contributed by atoms with Gasteiger partial charge in [-0.3, -0.25) is 0 Å². The molecule has 0 aromatic rings. The zero-order chi connectivity index (χ0) is 5.98. The number of likely N-dealkylation sites (N-methyl/N-ethyl adjacent to an activating group) is 1. The van der Waals surface area contributed by atoms with E-state index in [0.29, 0.717) is 0 Å². The highest BCUT2D eigenvalue weighted by molar-refractivity contribution is 5.05. The summed E-state index contributed by atoms with van der Waals surface area (Å²) in [5, 5.41) is 0. The van der Waals surface area contributed by atoms with Gasteiger partial charge in [-0.25, -0.2) is 0 Å². The predicted molar refractivity (Wildman–Crippen MR) is 33.4 cm³/mol. The van der Waals surface area contributed by atoms with Crippen molar-refractivity contribution in [1.29, 1.82) is 0 Å². The molecule has 1 heterocycles. The van der Waals surface area contributed by atoms with E-state index in [1.54, 1.807) is 0 Å². The van der Waals surface area contributed by atoms with Crippen LogP contribution in [0.2, 0.25) is 0 Å². The molecule has 0 saturated heterocycles. The number of nitrogens with zero attached hydrogens (tertiary/aromatic N) is 1. The topological polar surface area (TPSA) is 3.24 Å². The first-order chi connectivity index (χ1) is 3.79. The van der Waals surface area contributed by atoms with Crippen molar-refractivity contribution >= 4 is 0 Å². The van der Waals surface area contributed by atoms with Crippen LogP contribution in [-0.4, -0.2) is 18.5 Å². The molecule has 0 unspecified atom stereocenters. The third-order valence-electron chi connectivity index (χ3n) is 1.06. The predicted octanol–water partition coefficient (Wildman–Crippen LogP) is 1.15. The van der Waals surface area contributed by atoms with Gasteiger partial charge in [-0.2, -0.15) is 0 Å². The van der Waals surface area contributed by atoms with Crippen molar-refractivity contribution in [3.8, 4) is 0 Å². The molecule has 0 aliphatic carbocycles. The molecule has 0 aromatic carbocycles. The molecule has 0 amide bonds. The Bertz CT molecular complexity index is 179. The van der Waals surface area contributed by atoms with Gasteiger partial charge in [0.05, 0.1) is 6.20 Å². The van der Waals surface area contributed by atoms with E-state index in [1.807, 2.05) is 13.2 Å². The van der Waals surface area contributed by atoms with Gasteiger partial charge >= 0.3 is 0 Å².